The molecule has 0 unspecified atom stereocenters. The maximum absolute atomic E-state index is 12.4. The van der Waals surface area contributed by atoms with Gasteiger partial charge in [-0.05, 0) is 34.5 Å². The van der Waals surface area contributed by atoms with E-state index in [9.17, 15) is 13.2 Å². The standard InChI is InChI=1S/C8H7BrF3N/c1-4-2-3-5(13)7(9)6(4)8(10,11)12/h2-3H,13H2,1H3. The number of nitrogens with two attached hydrogens (primary N) is 1. The molecule has 0 amide bonds. The van der Waals surface area contributed by atoms with Crippen molar-refractivity contribution >= 4 is 21.6 Å². The van der Waals surface area contributed by atoms with E-state index in [2.05, 4.69) is 15.9 Å². The summed E-state index contributed by atoms with van der Waals surface area (Å²) in [4.78, 5) is 0. The quantitative estimate of drug-likeness (QED) is 0.706. The van der Waals surface area contributed by atoms with Crippen molar-refractivity contribution in [3.05, 3.63) is 27.7 Å². The summed E-state index contributed by atoms with van der Waals surface area (Å²) in [7, 11) is 0. The van der Waals surface area contributed by atoms with E-state index in [4.69, 9.17) is 5.73 Å². The predicted molar refractivity (Wildman–Crippen MR) is 48.3 cm³/mol. The Hall–Kier alpha value is -0.710. The molecule has 0 saturated carbocycles. The smallest absolute Gasteiger partial charge is 0.398 e. The molecule has 0 spiro atoms. The van der Waals surface area contributed by atoms with E-state index in [-0.39, 0.29) is 15.7 Å². The summed E-state index contributed by atoms with van der Waals surface area (Å²) in [6.07, 6.45) is -4.36. The van der Waals surface area contributed by atoms with E-state index in [1.807, 2.05) is 0 Å². The molecule has 0 aliphatic carbocycles. The molecule has 0 aliphatic heterocycles. The Morgan fingerprint density at radius 3 is 2.23 bits per heavy atom. The average molecular weight is 254 g/mol. The molecule has 1 aromatic carbocycles. The Labute approximate surface area is 81.9 Å². The summed E-state index contributed by atoms with van der Waals surface area (Å²) >= 11 is 2.82. The van der Waals surface area contributed by atoms with Gasteiger partial charge in [-0.2, -0.15) is 13.2 Å². The highest BCUT2D eigenvalue weighted by atomic mass is 79.9. The fraction of sp³-hybridized carbons (Fsp3) is 0.250. The normalized spacial score (nSPS) is 11.8. The van der Waals surface area contributed by atoms with E-state index in [1.54, 1.807) is 0 Å². The third kappa shape index (κ3) is 1.96. The van der Waals surface area contributed by atoms with E-state index < -0.39 is 11.7 Å². The van der Waals surface area contributed by atoms with Crippen molar-refractivity contribution < 1.29 is 13.2 Å². The van der Waals surface area contributed by atoms with Gasteiger partial charge in [0.1, 0.15) is 0 Å². The van der Waals surface area contributed by atoms with Crippen LogP contribution in [0.1, 0.15) is 11.1 Å². The van der Waals surface area contributed by atoms with Gasteiger partial charge in [-0.3, -0.25) is 0 Å². The third-order valence-corrected chi connectivity index (χ3v) is 2.52. The fourth-order valence-corrected chi connectivity index (χ4v) is 1.71. The molecule has 1 aromatic rings. The van der Waals surface area contributed by atoms with Crippen LogP contribution in [0.25, 0.3) is 0 Å². The van der Waals surface area contributed by atoms with Gasteiger partial charge in [0.05, 0.1) is 10.0 Å². The van der Waals surface area contributed by atoms with Crippen molar-refractivity contribution in [2.45, 2.75) is 13.1 Å². The number of anilines is 1. The molecule has 0 saturated heterocycles. The highest BCUT2D eigenvalue weighted by Crippen LogP contribution is 2.39. The lowest BCUT2D eigenvalue weighted by molar-refractivity contribution is -0.138. The summed E-state index contributed by atoms with van der Waals surface area (Å²) < 4.78 is 37.1. The van der Waals surface area contributed by atoms with Crippen molar-refractivity contribution in [3.8, 4) is 0 Å². The van der Waals surface area contributed by atoms with Crippen LogP contribution in [0.3, 0.4) is 0 Å². The first kappa shape index (κ1) is 10.4. The molecule has 5 heteroatoms. The van der Waals surface area contributed by atoms with E-state index in [1.165, 1.54) is 19.1 Å². The van der Waals surface area contributed by atoms with Gasteiger partial charge in [-0.25, -0.2) is 0 Å². The van der Waals surface area contributed by atoms with Crippen LogP contribution in [0.4, 0.5) is 18.9 Å². The number of alkyl halides is 3. The number of hydrogen-bond acceptors (Lipinski definition) is 1. The second kappa shape index (κ2) is 3.21. The zero-order chi connectivity index (χ0) is 10.2. The van der Waals surface area contributed by atoms with Crippen LogP contribution in [0.5, 0.6) is 0 Å². The molecule has 0 fully saturated rings. The van der Waals surface area contributed by atoms with Gasteiger partial charge in [-0.15, -0.1) is 0 Å². The van der Waals surface area contributed by atoms with Crippen LogP contribution in [0.2, 0.25) is 0 Å². The topological polar surface area (TPSA) is 26.0 Å². The third-order valence-electron chi connectivity index (χ3n) is 1.66. The highest BCUT2D eigenvalue weighted by molar-refractivity contribution is 9.10. The Balaban J connectivity index is 3.43. The molecule has 0 radical (unpaired) electrons. The molecule has 0 bridgehead atoms. The van der Waals surface area contributed by atoms with Gasteiger partial charge in [0.2, 0.25) is 0 Å². The number of halogens is 4. The SMILES string of the molecule is Cc1ccc(N)c(Br)c1C(F)(F)F. The lowest BCUT2D eigenvalue weighted by atomic mass is 10.1. The summed E-state index contributed by atoms with van der Waals surface area (Å²) in [5.41, 5.74) is 4.89. The average Bonchev–Trinajstić information content (AvgIpc) is 1.95. The Morgan fingerprint density at radius 2 is 1.85 bits per heavy atom. The monoisotopic (exact) mass is 253 g/mol. The van der Waals surface area contributed by atoms with Crippen molar-refractivity contribution in [2.24, 2.45) is 0 Å². The zero-order valence-corrected chi connectivity index (χ0v) is 8.33. The van der Waals surface area contributed by atoms with Crippen LogP contribution >= 0.6 is 15.9 Å². The summed E-state index contributed by atoms with van der Waals surface area (Å²) in [6.45, 7) is 1.40. The lowest BCUT2D eigenvalue weighted by Gasteiger charge is -2.13. The minimum absolute atomic E-state index is 0.0833. The molecule has 0 heterocycles. The minimum atomic E-state index is -4.36. The van der Waals surface area contributed by atoms with E-state index in [0.717, 1.165) is 0 Å². The van der Waals surface area contributed by atoms with Crippen LogP contribution in [0.15, 0.2) is 16.6 Å². The molecule has 1 rings (SSSR count). The fourth-order valence-electron chi connectivity index (χ4n) is 1.04. The van der Waals surface area contributed by atoms with Crippen LogP contribution < -0.4 is 5.73 Å². The van der Waals surface area contributed by atoms with E-state index >= 15 is 0 Å². The molecule has 0 atom stereocenters. The number of rotatable bonds is 0. The van der Waals surface area contributed by atoms with Crippen LogP contribution in [0, 0.1) is 6.92 Å². The van der Waals surface area contributed by atoms with Gasteiger partial charge >= 0.3 is 6.18 Å². The molecule has 1 nitrogen and oxygen atoms in total. The molecular formula is C8H7BrF3N. The molecule has 72 valence electrons. The minimum Gasteiger partial charge on any atom is -0.398 e. The lowest BCUT2D eigenvalue weighted by Crippen LogP contribution is -2.09. The van der Waals surface area contributed by atoms with Gasteiger partial charge in [0.25, 0.3) is 0 Å². The van der Waals surface area contributed by atoms with Gasteiger partial charge in [-0.1, -0.05) is 6.07 Å². The van der Waals surface area contributed by atoms with Gasteiger partial charge in [0, 0.05) is 5.69 Å². The first-order chi connectivity index (χ1) is 5.84. The molecule has 2 N–H and O–H groups in total. The molecular weight excluding hydrogens is 247 g/mol. The number of aryl methyl sites for hydroxylation is 1. The van der Waals surface area contributed by atoms with Crippen molar-refractivity contribution in [1.82, 2.24) is 0 Å². The second-order valence-electron chi connectivity index (χ2n) is 2.66. The largest absolute Gasteiger partial charge is 0.417 e. The predicted octanol–water partition coefficient (Wildman–Crippen LogP) is 3.36. The summed E-state index contributed by atoms with van der Waals surface area (Å²) in [5.74, 6) is 0. The molecule has 0 aromatic heterocycles. The Morgan fingerprint density at radius 1 is 1.31 bits per heavy atom. The van der Waals surface area contributed by atoms with Crippen LogP contribution in [-0.4, -0.2) is 0 Å². The molecule has 0 aliphatic rings. The Kier molecular flexibility index (Phi) is 2.56. The van der Waals surface area contributed by atoms with Gasteiger partial charge in [0.15, 0.2) is 0 Å². The Bertz CT molecular complexity index is 333. The van der Waals surface area contributed by atoms with Gasteiger partial charge < -0.3 is 5.73 Å². The second-order valence-corrected chi connectivity index (χ2v) is 3.45. The maximum atomic E-state index is 12.4. The van der Waals surface area contributed by atoms with Crippen molar-refractivity contribution in [3.63, 3.8) is 0 Å². The summed E-state index contributed by atoms with van der Waals surface area (Å²) in [5, 5.41) is 0. The summed E-state index contributed by atoms with van der Waals surface area (Å²) in [6, 6.07) is 2.79. The van der Waals surface area contributed by atoms with Crippen molar-refractivity contribution in [2.75, 3.05) is 5.73 Å². The highest BCUT2D eigenvalue weighted by Gasteiger charge is 2.35. The van der Waals surface area contributed by atoms with Crippen molar-refractivity contribution in [1.29, 1.82) is 0 Å². The van der Waals surface area contributed by atoms with Crippen LogP contribution in [-0.2, 0) is 6.18 Å². The first-order valence-electron chi connectivity index (χ1n) is 3.46. The first-order valence-corrected chi connectivity index (χ1v) is 4.25. The number of nitrogen functional groups attached to an aromatic ring is 1. The zero-order valence-electron chi connectivity index (χ0n) is 6.74. The number of benzene rings is 1. The molecule has 13 heavy (non-hydrogen) atoms. The maximum Gasteiger partial charge on any atom is 0.417 e. The van der Waals surface area contributed by atoms with E-state index in [0.29, 0.717) is 0 Å². The number of hydrogen-bond donors (Lipinski definition) is 1.